The summed E-state index contributed by atoms with van der Waals surface area (Å²) >= 11 is 0. The van der Waals surface area contributed by atoms with E-state index in [4.69, 9.17) is 4.74 Å². The van der Waals surface area contributed by atoms with E-state index >= 15 is 0 Å². The number of carbonyl (C=O) groups excluding carboxylic acids is 1. The van der Waals surface area contributed by atoms with Gasteiger partial charge >= 0.3 is 0 Å². The topological polar surface area (TPSA) is 38.3 Å². The van der Waals surface area contributed by atoms with Crippen LogP contribution in [0.5, 0.6) is 0 Å². The molecule has 1 atom stereocenters. The summed E-state index contributed by atoms with van der Waals surface area (Å²) in [6.07, 6.45) is 0.618. The van der Waals surface area contributed by atoms with E-state index in [1.165, 1.54) is 0 Å². The Morgan fingerprint density at radius 1 is 1.78 bits per heavy atom. The maximum atomic E-state index is 10.7. The molecule has 2 saturated heterocycles. The summed E-state index contributed by atoms with van der Waals surface area (Å²) < 4.78 is 4.89. The third-order valence-electron chi connectivity index (χ3n) is 1.85. The van der Waals surface area contributed by atoms with Gasteiger partial charge in [0.2, 0.25) is 5.91 Å². The first-order valence-electron chi connectivity index (χ1n) is 3.03. The van der Waals surface area contributed by atoms with Crippen LogP contribution in [0.15, 0.2) is 0 Å². The lowest BCUT2D eigenvalue weighted by Gasteiger charge is -2.34. The van der Waals surface area contributed by atoms with Gasteiger partial charge in [0.15, 0.2) is 0 Å². The smallest absolute Gasteiger partial charge is 0.220 e. The monoisotopic (exact) mass is 126 g/mol. The minimum absolute atomic E-state index is 0.0804. The average molecular weight is 126 g/mol. The number of amides is 1. The molecule has 0 aromatic rings. The molecule has 3 heteroatoms. The van der Waals surface area contributed by atoms with Crippen LogP contribution in [0.1, 0.15) is 6.42 Å². The van der Waals surface area contributed by atoms with Gasteiger partial charge in [-0.15, -0.1) is 0 Å². The SMILES string of the molecule is O=C1CC2([CH]OC2)CN1. The van der Waals surface area contributed by atoms with E-state index in [2.05, 4.69) is 5.32 Å². The van der Waals surface area contributed by atoms with Crippen molar-refractivity contribution < 1.29 is 9.53 Å². The molecule has 1 unspecified atom stereocenters. The molecule has 3 nitrogen and oxygen atoms in total. The minimum atomic E-state index is 0.0804. The van der Waals surface area contributed by atoms with Crippen LogP contribution in [0.4, 0.5) is 0 Å². The number of rotatable bonds is 0. The molecule has 1 radical (unpaired) electrons. The molecule has 49 valence electrons. The Hall–Kier alpha value is -0.570. The van der Waals surface area contributed by atoms with Crippen LogP contribution in [0.25, 0.3) is 0 Å². The van der Waals surface area contributed by atoms with E-state index < -0.39 is 0 Å². The largest absolute Gasteiger partial charge is 0.374 e. The highest BCUT2D eigenvalue weighted by Gasteiger charge is 2.45. The molecule has 1 N–H and O–H groups in total. The molecule has 9 heavy (non-hydrogen) atoms. The molecule has 0 aromatic carbocycles. The first-order valence-corrected chi connectivity index (χ1v) is 3.03. The first-order chi connectivity index (χ1) is 4.31. The van der Waals surface area contributed by atoms with Crippen molar-refractivity contribution in [3.63, 3.8) is 0 Å². The molecule has 1 amide bonds. The number of hydrogen-bond donors (Lipinski definition) is 1. The summed E-state index contributed by atoms with van der Waals surface area (Å²) in [6.45, 7) is 3.25. The summed E-state index contributed by atoms with van der Waals surface area (Å²) in [5.41, 5.74) is 0.0804. The van der Waals surface area contributed by atoms with Crippen molar-refractivity contribution in [1.29, 1.82) is 0 Å². The molecule has 0 aliphatic carbocycles. The van der Waals surface area contributed by atoms with Gasteiger partial charge in [-0.3, -0.25) is 4.79 Å². The average Bonchev–Trinajstić information content (AvgIpc) is 2.09. The van der Waals surface area contributed by atoms with Gasteiger partial charge in [-0.2, -0.15) is 0 Å². The molecule has 0 bridgehead atoms. The highest BCUT2D eigenvalue weighted by molar-refractivity contribution is 5.79. The van der Waals surface area contributed by atoms with Crippen molar-refractivity contribution in [2.24, 2.45) is 5.41 Å². The molecule has 2 fully saturated rings. The quantitative estimate of drug-likeness (QED) is 0.483. The number of ether oxygens (including phenoxy) is 1. The fraction of sp³-hybridized carbons (Fsp3) is 0.667. The lowest BCUT2D eigenvalue weighted by Crippen LogP contribution is -2.39. The van der Waals surface area contributed by atoms with Crippen molar-refractivity contribution in [3.05, 3.63) is 6.61 Å². The Bertz CT molecular complexity index is 151. The Kier molecular flexibility index (Phi) is 0.858. The predicted molar refractivity (Wildman–Crippen MR) is 30.3 cm³/mol. The molecule has 2 rings (SSSR count). The van der Waals surface area contributed by atoms with Gasteiger partial charge in [0.25, 0.3) is 0 Å². The molecule has 0 saturated carbocycles. The molecular weight excluding hydrogens is 118 g/mol. The predicted octanol–water partition coefficient (Wildman–Crippen LogP) is -0.315. The third-order valence-corrected chi connectivity index (χ3v) is 1.85. The standard InChI is InChI=1S/C6H8NO2/c8-5-1-6(2-7-5)3-9-4-6/h3H,1-2,4H2,(H,7,8). The van der Waals surface area contributed by atoms with E-state index in [0.717, 1.165) is 6.54 Å². The van der Waals surface area contributed by atoms with Crippen molar-refractivity contribution in [2.75, 3.05) is 13.2 Å². The Morgan fingerprint density at radius 3 is 2.78 bits per heavy atom. The molecule has 0 aromatic heterocycles. The molecule has 2 heterocycles. The van der Waals surface area contributed by atoms with Crippen molar-refractivity contribution in [1.82, 2.24) is 5.32 Å². The zero-order valence-electron chi connectivity index (χ0n) is 5.02. The third kappa shape index (κ3) is 0.645. The summed E-state index contributed by atoms with van der Waals surface area (Å²) in [5.74, 6) is 0.148. The molecule has 2 aliphatic heterocycles. The second kappa shape index (κ2) is 1.48. The van der Waals surface area contributed by atoms with Gasteiger partial charge < -0.3 is 10.1 Å². The van der Waals surface area contributed by atoms with Crippen LogP contribution >= 0.6 is 0 Å². The number of carbonyl (C=O) groups is 1. The van der Waals surface area contributed by atoms with Crippen LogP contribution < -0.4 is 5.32 Å². The minimum Gasteiger partial charge on any atom is -0.374 e. The zero-order valence-corrected chi connectivity index (χ0v) is 5.02. The van der Waals surface area contributed by atoms with Crippen LogP contribution in [-0.4, -0.2) is 19.1 Å². The van der Waals surface area contributed by atoms with Gasteiger partial charge in [-0.25, -0.2) is 0 Å². The Balaban J connectivity index is 2.07. The second-order valence-electron chi connectivity index (χ2n) is 2.74. The van der Waals surface area contributed by atoms with E-state index in [0.29, 0.717) is 13.0 Å². The van der Waals surface area contributed by atoms with E-state index in [-0.39, 0.29) is 11.3 Å². The van der Waals surface area contributed by atoms with Crippen LogP contribution in [-0.2, 0) is 9.53 Å². The highest BCUT2D eigenvalue weighted by atomic mass is 16.5. The summed E-state index contributed by atoms with van der Waals surface area (Å²) in [7, 11) is 0. The maximum absolute atomic E-state index is 10.7. The summed E-state index contributed by atoms with van der Waals surface area (Å²) in [6, 6.07) is 0. The fourth-order valence-electron chi connectivity index (χ4n) is 1.22. The molecule has 2 aliphatic rings. The van der Waals surface area contributed by atoms with E-state index in [1.807, 2.05) is 0 Å². The van der Waals surface area contributed by atoms with E-state index in [1.54, 1.807) is 6.61 Å². The van der Waals surface area contributed by atoms with Crippen LogP contribution in [0, 0.1) is 12.0 Å². The van der Waals surface area contributed by atoms with Crippen molar-refractivity contribution >= 4 is 5.91 Å². The fourth-order valence-corrected chi connectivity index (χ4v) is 1.22. The lowest BCUT2D eigenvalue weighted by molar-refractivity contribution is -0.121. The Morgan fingerprint density at radius 2 is 2.56 bits per heavy atom. The second-order valence-corrected chi connectivity index (χ2v) is 2.74. The van der Waals surface area contributed by atoms with Crippen molar-refractivity contribution in [3.8, 4) is 0 Å². The Labute approximate surface area is 53.4 Å². The number of nitrogens with one attached hydrogen (secondary N) is 1. The maximum Gasteiger partial charge on any atom is 0.220 e. The zero-order chi connectivity index (χ0) is 6.32. The van der Waals surface area contributed by atoms with Gasteiger partial charge in [0.05, 0.1) is 13.2 Å². The summed E-state index contributed by atoms with van der Waals surface area (Å²) in [4.78, 5) is 10.7. The highest BCUT2D eigenvalue weighted by Crippen LogP contribution is 2.37. The lowest BCUT2D eigenvalue weighted by atomic mass is 9.85. The van der Waals surface area contributed by atoms with Gasteiger partial charge in [-0.05, 0) is 0 Å². The van der Waals surface area contributed by atoms with Gasteiger partial charge in [0.1, 0.15) is 0 Å². The first kappa shape index (κ1) is 5.23. The van der Waals surface area contributed by atoms with Gasteiger partial charge in [-0.1, -0.05) is 0 Å². The van der Waals surface area contributed by atoms with E-state index in [9.17, 15) is 4.79 Å². The van der Waals surface area contributed by atoms with Crippen LogP contribution in [0.2, 0.25) is 0 Å². The van der Waals surface area contributed by atoms with Gasteiger partial charge in [0, 0.05) is 18.4 Å². The molecular formula is C6H8NO2. The van der Waals surface area contributed by atoms with Crippen LogP contribution in [0.3, 0.4) is 0 Å². The number of hydrogen-bond acceptors (Lipinski definition) is 2. The molecule has 1 spiro atoms. The normalized spacial score (nSPS) is 30.0. The summed E-state index contributed by atoms with van der Waals surface area (Å²) in [5, 5.41) is 2.76. The van der Waals surface area contributed by atoms with Crippen molar-refractivity contribution in [2.45, 2.75) is 6.42 Å².